The van der Waals surface area contributed by atoms with Crippen LogP contribution in [0.2, 0.25) is 0 Å². The third-order valence-electron chi connectivity index (χ3n) is 4.00. The van der Waals surface area contributed by atoms with Crippen LogP contribution in [0, 0.1) is 0 Å². The van der Waals surface area contributed by atoms with Gasteiger partial charge in [0.2, 0.25) is 0 Å². The summed E-state index contributed by atoms with van der Waals surface area (Å²) in [6.07, 6.45) is 4.92. The zero-order chi connectivity index (χ0) is 13.8. The molecular weight excluding hydrogens is 236 g/mol. The summed E-state index contributed by atoms with van der Waals surface area (Å²) < 4.78 is 0. The predicted octanol–water partition coefficient (Wildman–Crippen LogP) is 1.50. The second-order valence-electron chi connectivity index (χ2n) is 5.79. The van der Waals surface area contributed by atoms with Crippen LogP contribution in [0.3, 0.4) is 0 Å². The van der Waals surface area contributed by atoms with Crippen molar-refractivity contribution in [3.63, 3.8) is 0 Å². The molecule has 1 aromatic rings. The van der Waals surface area contributed by atoms with Gasteiger partial charge in [-0.15, -0.1) is 0 Å². The second-order valence-corrected chi connectivity index (χ2v) is 5.79. The molecule has 106 valence electrons. The molecule has 2 rings (SSSR count). The fraction of sp³-hybridized carbons (Fsp3) is 0.667. The van der Waals surface area contributed by atoms with Crippen molar-refractivity contribution in [3.05, 3.63) is 30.1 Å². The van der Waals surface area contributed by atoms with Gasteiger partial charge in [-0.05, 0) is 51.6 Å². The summed E-state index contributed by atoms with van der Waals surface area (Å²) in [6, 6.07) is 5.11. The second kappa shape index (κ2) is 6.46. The maximum atomic E-state index is 6.27. The summed E-state index contributed by atoms with van der Waals surface area (Å²) >= 11 is 0. The number of nitrogens with zero attached hydrogens (tertiary/aromatic N) is 3. The van der Waals surface area contributed by atoms with E-state index < -0.39 is 0 Å². The Labute approximate surface area is 116 Å². The molecule has 1 saturated heterocycles. The number of rotatable bonds is 3. The van der Waals surface area contributed by atoms with Crippen LogP contribution in [0.25, 0.3) is 0 Å². The van der Waals surface area contributed by atoms with Gasteiger partial charge in [-0.3, -0.25) is 9.88 Å². The molecule has 1 aromatic heterocycles. The fourth-order valence-corrected chi connectivity index (χ4v) is 3.16. The van der Waals surface area contributed by atoms with Gasteiger partial charge in [-0.25, -0.2) is 0 Å². The Hall–Kier alpha value is -0.970. The number of hydrogen-bond acceptors (Lipinski definition) is 4. The average Bonchev–Trinajstić information content (AvgIpc) is 2.53. The van der Waals surface area contributed by atoms with Gasteiger partial charge in [0.15, 0.2) is 0 Å². The van der Waals surface area contributed by atoms with Crippen LogP contribution in [0.1, 0.15) is 31.9 Å². The van der Waals surface area contributed by atoms with Crippen molar-refractivity contribution in [2.24, 2.45) is 5.73 Å². The number of aromatic nitrogens is 1. The lowest BCUT2D eigenvalue weighted by Crippen LogP contribution is -2.46. The van der Waals surface area contributed by atoms with Crippen LogP contribution in [0.5, 0.6) is 0 Å². The first-order chi connectivity index (χ1) is 9.09. The van der Waals surface area contributed by atoms with Crippen LogP contribution >= 0.6 is 0 Å². The molecule has 2 heterocycles. The van der Waals surface area contributed by atoms with E-state index in [2.05, 4.69) is 47.8 Å². The third-order valence-corrected chi connectivity index (χ3v) is 4.00. The molecule has 1 aliphatic rings. The monoisotopic (exact) mass is 262 g/mol. The minimum absolute atomic E-state index is 0.119. The molecule has 0 aromatic carbocycles. The molecule has 0 amide bonds. The van der Waals surface area contributed by atoms with Gasteiger partial charge in [0.1, 0.15) is 0 Å². The minimum atomic E-state index is 0.119. The van der Waals surface area contributed by atoms with Crippen molar-refractivity contribution in [1.29, 1.82) is 0 Å². The van der Waals surface area contributed by atoms with Gasteiger partial charge in [0, 0.05) is 37.6 Å². The number of likely N-dealkylation sites (N-methyl/N-ethyl adjacent to an activating group) is 1. The number of pyridine rings is 1. The van der Waals surface area contributed by atoms with Gasteiger partial charge in [-0.1, -0.05) is 0 Å². The first-order valence-corrected chi connectivity index (χ1v) is 7.19. The molecule has 1 aliphatic heterocycles. The van der Waals surface area contributed by atoms with E-state index in [0.29, 0.717) is 6.04 Å². The Morgan fingerprint density at radius 3 is 2.63 bits per heavy atom. The minimum Gasteiger partial charge on any atom is -0.326 e. The molecule has 4 heteroatoms. The maximum absolute atomic E-state index is 6.27. The number of nitrogens with two attached hydrogens (primary N) is 1. The van der Waals surface area contributed by atoms with Crippen molar-refractivity contribution in [3.8, 4) is 0 Å². The fourth-order valence-electron chi connectivity index (χ4n) is 3.16. The topological polar surface area (TPSA) is 45.4 Å². The molecule has 4 nitrogen and oxygen atoms in total. The van der Waals surface area contributed by atoms with E-state index in [1.807, 2.05) is 12.4 Å². The average molecular weight is 262 g/mol. The molecule has 3 unspecified atom stereocenters. The van der Waals surface area contributed by atoms with Gasteiger partial charge in [0.05, 0.1) is 6.04 Å². The van der Waals surface area contributed by atoms with Gasteiger partial charge in [-0.2, -0.15) is 0 Å². The Balaban J connectivity index is 2.23. The van der Waals surface area contributed by atoms with Crippen LogP contribution in [0.15, 0.2) is 24.5 Å². The largest absolute Gasteiger partial charge is 0.326 e. The number of hydrogen-bond donors (Lipinski definition) is 1. The highest BCUT2D eigenvalue weighted by Crippen LogP contribution is 2.27. The first kappa shape index (κ1) is 14.4. The van der Waals surface area contributed by atoms with Gasteiger partial charge in [0.25, 0.3) is 0 Å². The van der Waals surface area contributed by atoms with Gasteiger partial charge >= 0.3 is 0 Å². The van der Waals surface area contributed by atoms with Crippen LogP contribution in [0.4, 0.5) is 0 Å². The SMILES string of the molecule is CC(N)C(c1ccncc1)N1CCCN(C)CC1C. The lowest BCUT2D eigenvalue weighted by atomic mass is 9.98. The van der Waals surface area contributed by atoms with Crippen molar-refractivity contribution in [1.82, 2.24) is 14.8 Å². The Kier molecular flexibility index (Phi) is 4.91. The highest BCUT2D eigenvalue weighted by atomic mass is 15.3. The van der Waals surface area contributed by atoms with Crippen LogP contribution in [-0.2, 0) is 0 Å². The Morgan fingerprint density at radius 1 is 1.32 bits per heavy atom. The van der Waals surface area contributed by atoms with Crippen molar-refractivity contribution >= 4 is 0 Å². The molecule has 2 N–H and O–H groups in total. The van der Waals surface area contributed by atoms with E-state index in [-0.39, 0.29) is 12.1 Å². The highest BCUT2D eigenvalue weighted by molar-refractivity contribution is 5.17. The lowest BCUT2D eigenvalue weighted by Gasteiger charge is -2.38. The molecule has 0 spiro atoms. The van der Waals surface area contributed by atoms with E-state index in [0.717, 1.165) is 13.1 Å². The summed E-state index contributed by atoms with van der Waals surface area (Å²) in [4.78, 5) is 9.09. The molecule has 0 radical (unpaired) electrons. The predicted molar refractivity (Wildman–Crippen MR) is 78.9 cm³/mol. The molecule has 0 bridgehead atoms. The van der Waals surface area contributed by atoms with Crippen LogP contribution < -0.4 is 5.73 Å². The smallest absolute Gasteiger partial charge is 0.0500 e. The van der Waals surface area contributed by atoms with E-state index in [9.17, 15) is 0 Å². The quantitative estimate of drug-likeness (QED) is 0.896. The van der Waals surface area contributed by atoms with Crippen molar-refractivity contribution in [2.45, 2.75) is 38.4 Å². The van der Waals surface area contributed by atoms with E-state index in [1.54, 1.807) is 0 Å². The first-order valence-electron chi connectivity index (χ1n) is 7.19. The normalized spacial score (nSPS) is 25.8. The zero-order valence-corrected chi connectivity index (χ0v) is 12.3. The van der Waals surface area contributed by atoms with Crippen molar-refractivity contribution < 1.29 is 0 Å². The lowest BCUT2D eigenvalue weighted by molar-refractivity contribution is 0.127. The summed E-state index contributed by atoms with van der Waals surface area (Å²) in [7, 11) is 2.20. The van der Waals surface area contributed by atoms with Gasteiger partial charge < -0.3 is 10.6 Å². The summed E-state index contributed by atoms with van der Waals surface area (Å²) in [6.45, 7) is 7.79. The zero-order valence-electron chi connectivity index (χ0n) is 12.3. The van der Waals surface area contributed by atoms with Crippen LogP contribution in [-0.4, -0.2) is 53.5 Å². The standard InChI is InChI=1S/C15H26N4/c1-12-11-18(3)9-4-10-19(12)15(13(2)16)14-5-7-17-8-6-14/h5-8,12-13,15H,4,9-11,16H2,1-3H3. The summed E-state index contributed by atoms with van der Waals surface area (Å²) in [5, 5.41) is 0. The molecule has 19 heavy (non-hydrogen) atoms. The molecule has 1 fully saturated rings. The maximum Gasteiger partial charge on any atom is 0.0500 e. The summed E-state index contributed by atoms with van der Waals surface area (Å²) in [5.41, 5.74) is 7.55. The summed E-state index contributed by atoms with van der Waals surface area (Å²) in [5.74, 6) is 0. The van der Waals surface area contributed by atoms with E-state index in [1.165, 1.54) is 18.5 Å². The highest BCUT2D eigenvalue weighted by Gasteiger charge is 2.29. The third kappa shape index (κ3) is 3.53. The molecular formula is C15H26N4. The Bertz CT molecular complexity index is 379. The Morgan fingerprint density at radius 2 is 2.00 bits per heavy atom. The molecule has 0 aliphatic carbocycles. The molecule has 0 saturated carbocycles. The molecule has 3 atom stereocenters. The van der Waals surface area contributed by atoms with E-state index in [4.69, 9.17) is 5.73 Å². The van der Waals surface area contributed by atoms with Crippen molar-refractivity contribution in [2.75, 3.05) is 26.7 Å². The van der Waals surface area contributed by atoms with E-state index >= 15 is 0 Å².